The van der Waals surface area contributed by atoms with Crippen LogP contribution in [0.15, 0.2) is 24.3 Å². The van der Waals surface area contributed by atoms with Crippen molar-refractivity contribution in [1.82, 2.24) is 5.32 Å². The fourth-order valence-electron chi connectivity index (χ4n) is 1.73. The molecule has 0 radical (unpaired) electrons. The Balaban J connectivity index is 3.03. The fourth-order valence-corrected chi connectivity index (χ4v) is 2.19. The molecule has 0 bridgehead atoms. The van der Waals surface area contributed by atoms with Crippen LogP contribution in [0, 0.1) is 0 Å². The van der Waals surface area contributed by atoms with Crippen LogP contribution in [0.25, 0.3) is 0 Å². The highest BCUT2D eigenvalue weighted by atomic mass is 32.2. The van der Waals surface area contributed by atoms with E-state index in [1.807, 2.05) is 0 Å². The van der Waals surface area contributed by atoms with Crippen LogP contribution < -0.4 is 9.50 Å². The summed E-state index contributed by atoms with van der Waals surface area (Å²) in [5, 5.41) is 2.51. The Bertz CT molecular complexity index is 673. The number of carbonyl (C=O) groups excluding carboxylic acids is 2. The summed E-state index contributed by atoms with van der Waals surface area (Å²) in [5.74, 6) is -0.885. The van der Waals surface area contributed by atoms with Crippen molar-refractivity contribution in [3.8, 4) is 5.75 Å². The van der Waals surface area contributed by atoms with Gasteiger partial charge in [0.1, 0.15) is 11.4 Å². The first-order valence-electron chi connectivity index (χ1n) is 6.87. The summed E-state index contributed by atoms with van der Waals surface area (Å²) in [6.45, 7) is 6.45. The second kappa shape index (κ2) is 6.99. The van der Waals surface area contributed by atoms with E-state index in [2.05, 4.69) is 5.32 Å². The molecule has 1 N–H and O–H groups in total. The highest BCUT2D eigenvalue weighted by Crippen LogP contribution is 2.22. The minimum atomic E-state index is -3.63. The lowest BCUT2D eigenvalue weighted by Crippen LogP contribution is -2.37. The SMILES string of the molecule is CC(=O)NC(C(=O)OC(C)(C)C)c1ccc(OS(C)(=O)=O)cc1. The van der Waals surface area contributed by atoms with E-state index in [-0.39, 0.29) is 5.75 Å². The van der Waals surface area contributed by atoms with Crippen molar-refractivity contribution < 1.29 is 26.9 Å². The fraction of sp³-hybridized carbons (Fsp3) is 0.467. The maximum Gasteiger partial charge on any atom is 0.333 e. The van der Waals surface area contributed by atoms with Crippen LogP contribution in [0.3, 0.4) is 0 Å². The predicted octanol–water partition coefficient (Wildman–Crippen LogP) is 1.54. The topological polar surface area (TPSA) is 98.8 Å². The van der Waals surface area contributed by atoms with Crippen molar-refractivity contribution in [3.05, 3.63) is 29.8 Å². The Labute approximate surface area is 136 Å². The molecule has 0 aromatic heterocycles. The van der Waals surface area contributed by atoms with Gasteiger partial charge in [-0.1, -0.05) is 12.1 Å². The average molecular weight is 343 g/mol. The molecule has 1 aromatic carbocycles. The van der Waals surface area contributed by atoms with E-state index in [0.717, 1.165) is 6.26 Å². The third-order valence-corrected chi connectivity index (χ3v) is 2.95. The van der Waals surface area contributed by atoms with E-state index in [9.17, 15) is 18.0 Å². The molecule has 8 heteroatoms. The van der Waals surface area contributed by atoms with Crippen LogP contribution >= 0.6 is 0 Å². The molecule has 0 aliphatic rings. The second-order valence-corrected chi connectivity index (χ2v) is 7.60. The summed E-state index contributed by atoms with van der Waals surface area (Å²) >= 11 is 0. The Kier molecular flexibility index (Phi) is 5.76. The van der Waals surface area contributed by atoms with Crippen LogP contribution in [-0.4, -0.2) is 32.2 Å². The maximum absolute atomic E-state index is 12.2. The van der Waals surface area contributed by atoms with Crippen molar-refractivity contribution in [1.29, 1.82) is 0 Å². The summed E-state index contributed by atoms with van der Waals surface area (Å²) in [4.78, 5) is 23.6. The molecule has 0 saturated heterocycles. The number of hydrogen-bond acceptors (Lipinski definition) is 6. The Morgan fingerprint density at radius 2 is 1.65 bits per heavy atom. The number of hydrogen-bond donors (Lipinski definition) is 1. The minimum absolute atomic E-state index is 0.113. The third kappa shape index (κ3) is 7.14. The first-order chi connectivity index (χ1) is 10.4. The van der Waals surface area contributed by atoms with Gasteiger partial charge in [0, 0.05) is 6.92 Å². The van der Waals surface area contributed by atoms with Gasteiger partial charge >= 0.3 is 16.1 Å². The van der Waals surface area contributed by atoms with Crippen LogP contribution in [0.2, 0.25) is 0 Å². The number of amides is 1. The largest absolute Gasteiger partial charge is 0.458 e. The van der Waals surface area contributed by atoms with Gasteiger partial charge in [0.05, 0.1) is 6.26 Å². The van der Waals surface area contributed by atoms with Crippen molar-refractivity contribution in [2.45, 2.75) is 39.3 Å². The van der Waals surface area contributed by atoms with Gasteiger partial charge in [0.15, 0.2) is 6.04 Å². The van der Waals surface area contributed by atoms with Crippen LogP contribution in [0.1, 0.15) is 39.3 Å². The number of benzene rings is 1. The predicted molar refractivity (Wildman–Crippen MR) is 84.3 cm³/mol. The Morgan fingerprint density at radius 3 is 2.04 bits per heavy atom. The zero-order chi connectivity index (χ0) is 17.8. The monoisotopic (exact) mass is 343 g/mol. The number of carbonyl (C=O) groups is 2. The first kappa shape index (κ1) is 19.0. The lowest BCUT2D eigenvalue weighted by atomic mass is 10.1. The molecule has 0 aliphatic carbocycles. The van der Waals surface area contributed by atoms with E-state index in [4.69, 9.17) is 8.92 Å². The van der Waals surface area contributed by atoms with Gasteiger partial charge in [-0.2, -0.15) is 8.42 Å². The highest BCUT2D eigenvalue weighted by Gasteiger charge is 2.27. The van der Waals surface area contributed by atoms with E-state index in [1.165, 1.54) is 31.2 Å². The number of rotatable bonds is 5. The standard InChI is InChI=1S/C15H21NO6S/c1-10(17)16-13(14(18)21-15(2,3)4)11-6-8-12(9-7-11)22-23(5,19)20/h6-9,13H,1-5H3,(H,16,17). The molecule has 1 unspecified atom stereocenters. The van der Waals surface area contributed by atoms with E-state index in [1.54, 1.807) is 20.8 Å². The molecular formula is C15H21NO6S. The molecule has 0 fully saturated rings. The first-order valence-corrected chi connectivity index (χ1v) is 8.68. The molecule has 1 atom stereocenters. The number of nitrogens with one attached hydrogen (secondary N) is 1. The smallest absolute Gasteiger partial charge is 0.333 e. The zero-order valence-corrected chi connectivity index (χ0v) is 14.6. The molecule has 1 rings (SSSR count). The molecule has 0 aliphatic heterocycles. The van der Waals surface area contributed by atoms with Gasteiger partial charge in [0.2, 0.25) is 5.91 Å². The average Bonchev–Trinajstić information content (AvgIpc) is 2.32. The van der Waals surface area contributed by atoms with Crippen LogP contribution in [-0.2, 0) is 24.4 Å². The van der Waals surface area contributed by atoms with Gasteiger partial charge in [-0.15, -0.1) is 0 Å². The van der Waals surface area contributed by atoms with Crippen molar-refractivity contribution in [2.24, 2.45) is 0 Å². The lowest BCUT2D eigenvalue weighted by Gasteiger charge is -2.24. The Morgan fingerprint density at radius 1 is 1.13 bits per heavy atom. The van der Waals surface area contributed by atoms with Gasteiger partial charge in [-0.05, 0) is 38.5 Å². The lowest BCUT2D eigenvalue weighted by molar-refractivity contribution is -0.158. The van der Waals surface area contributed by atoms with Gasteiger partial charge in [-0.25, -0.2) is 4.79 Å². The van der Waals surface area contributed by atoms with Crippen molar-refractivity contribution >= 4 is 22.0 Å². The summed E-state index contributed by atoms with van der Waals surface area (Å²) in [5.41, 5.74) is -0.247. The van der Waals surface area contributed by atoms with Crippen molar-refractivity contribution in [3.63, 3.8) is 0 Å². The van der Waals surface area contributed by atoms with E-state index >= 15 is 0 Å². The summed E-state index contributed by atoms with van der Waals surface area (Å²) < 4.78 is 32.2. The van der Waals surface area contributed by atoms with Gasteiger partial charge < -0.3 is 14.2 Å². The van der Waals surface area contributed by atoms with E-state index in [0.29, 0.717) is 5.56 Å². The van der Waals surface area contributed by atoms with Gasteiger partial charge in [0.25, 0.3) is 0 Å². The van der Waals surface area contributed by atoms with Crippen molar-refractivity contribution in [2.75, 3.05) is 6.26 Å². The molecule has 0 spiro atoms. The summed E-state index contributed by atoms with van der Waals surface area (Å²) in [6, 6.07) is 4.79. The second-order valence-electron chi connectivity index (χ2n) is 6.02. The molecule has 23 heavy (non-hydrogen) atoms. The molecule has 0 saturated carbocycles. The third-order valence-electron chi connectivity index (χ3n) is 2.45. The zero-order valence-electron chi connectivity index (χ0n) is 13.7. The molecule has 0 heterocycles. The molecule has 128 valence electrons. The van der Waals surface area contributed by atoms with Gasteiger partial charge in [-0.3, -0.25) is 4.79 Å². The molecule has 7 nitrogen and oxygen atoms in total. The summed E-state index contributed by atoms with van der Waals surface area (Å²) in [6.07, 6.45) is 0.932. The number of ether oxygens (including phenoxy) is 1. The van der Waals surface area contributed by atoms with E-state index < -0.39 is 33.6 Å². The molecule has 1 aromatic rings. The molecule has 1 amide bonds. The van der Waals surface area contributed by atoms with Crippen LogP contribution in [0.4, 0.5) is 0 Å². The highest BCUT2D eigenvalue weighted by molar-refractivity contribution is 7.86. The normalized spacial score (nSPS) is 13.1. The summed E-state index contributed by atoms with van der Waals surface area (Å²) in [7, 11) is -3.63. The number of esters is 1. The van der Waals surface area contributed by atoms with Crippen LogP contribution in [0.5, 0.6) is 5.75 Å². The maximum atomic E-state index is 12.2. The molecular weight excluding hydrogens is 322 g/mol. The Hall–Kier alpha value is -2.09. The quantitative estimate of drug-likeness (QED) is 0.643. The minimum Gasteiger partial charge on any atom is -0.458 e.